The Labute approximate surface area is 157 Å². The van der Waals surface area contributed by atoms with Gasteiger partial charge in [-0.3, -0.25) is 0 Å². The largest absolute Gasteiger partial charge is 0.422 e. The number of pyridine rings is 1. The molecule has 0 fully saturated rings. The van der Waals surface area contributed by atoms with Gasteiger partial charge < -0.3 is 19.0 Å². The summed E-state index contributed by atoms with van der Waals surface area (Å²) in [7, 11) is 4.06. The van der Waals surface area contributed by atoms with E-state index in [1.165, 1.54) is 0 Å². The van der Waals surface area contributed by atoms with Crippen LogP contribution in [-0.4, -0.2) is 41.5 Å². The summed E-state index contributed by atoms with van der Waals surface area (Å²) in [5.41, 5.74) is 4.14. The van der Waals surface area contributed by atoms with Crippen molar-refractivity contribution in [1.29, 1.82) is 0 Å². The zero-order valence-corrected chi connectivity index (χ0v) is 15.7. The molecule has 0 saturated carbocycles. The first-order chi connectivity index (χ1) is 13.0. The summed E-state index contributed by atoms with van der Waals surface area (Å²) in [6.45, 7) is 3.76. The van der Waals surface area contributed by atoms with Crippen LogP contribution in [0.4, 0.5) is 5.69 Å². The molecule has 0 unspecified atom stereocenters. The van der Waals surface area contributed by atoms with E-state index in [4.69, 9.17) is 4.42 Å². The molecule has 3 aromatic heterocycles. The molecule has 0 spiro atoms. The Hall–Kier alpha value is -3.12. The third-order valence-corrected chi connectivity index (χ3v) is 4.52. The van der Waals surface area contributed by atoms with Gasteiger partial charge in [-0.1, -0.05) is 0 Å². The van der Waals surface area contributed by atoms with Crippen molar-refractivity contribution in [1.82, 2.24) is 14.3 Å². The maximum Gasteiger partial charge on any atom is 0.345 e. The van der Waals surface area contributed by atoms with Crippen molar-refractivity contribution in [2.24, 2.45) is 0 Å². The molecule has 0 saturated heterocycles. The lowest BCUT2D eigenvalue weighted by Crippen LogP contribution is -2.20. The van der Waals surface area contributed by atoms with Gasteiger partial charge in [0, 0.05) is 42.6 Å². The van der Waals surface area contributed by atoms with Gasteiger partial charge in [-0.25, -0.2) is 9.78 Å². The highest BCUT2D eigenvalue weighted by molar-refractivity contribution is 5.84. The van der Waals surface area contributed by atoms with Crippen molar-refractivity contribution < 1.29 is 4.42 Å². The molecule has 0 bridgehead atoms. The number of imidazole rings is 1. The van der Waals surface area contributed by atoms with Crippen molar-refractivity contribution in [3.05, 3.63) is 64.8 Å². The third-order valence-electron chi connectivity index (χ3n) is 4.52. The van der Waals surface area contributed by atoms with Crippen molar-refractivity contribution in [2.45, 2.75) is 6.92 Å². The van der Waals surface area contributed by atoms with E-state index in [9.17, 15) is 4.79 Å². The number of rotatable bonds is 5. The lowest BCUT2D eigenvalue weighted by Gasteiger charge is -2.11. The van der Waals surface area contributed by atoms with E-state index in [2.05, 4.69) is 15.2 Å². The number of hydrogen-bond donors (Lipinski definition) is 1. The number of likely N-dealkylation sites (N-methyl/N-ethyl adjacent to an activating group) is 1. The Morgan fingerprint density at radius 3 is 2.85 bits per heavy atom. The number of benzene rings is 1. The highest BCUT2D eigenvalue weighted by atomic mass is 16.4. The van der Waals surface area contributed by atoms with Gasteiger partial charge in [-0.05, 0) is 56.9 Å². The second-order valence-electron chi connectivity index (χ2n) is 7.03. The highest BCUT2D eigenvalue weighted by Crippen LogP contribution is 2.23. The first-order valence-corrected chi connectivity index (χ1v) is 8.92. The molecule has 4 aromatic rings. The van der Waals surface area contributed by atoms with Crippen LogP contribution < -0.4 is 10.9 Å². The van der Waals surface area contributed by atoms with Crippen LogP contribution in [0, 0.1) is 6.92 Å². The molecule has 0 amide bonds. The van der Waals surface area contributed by atoms with Gasteiger partial charge in [0.25, 0.3) is 0 Å². The Morgan fingerprint density at radius 1 is 1.19 bits per heavy atom. The number of nitrogens with one attached hydrogen (secondary N) is 1. The predicted octanol–water partition coefficient (Wildman–Crippen LogP) is 3.39. The molecule has 1 aromatic carbocycles. The van der Waals surface area contributed by atoms with Crippen molar-refractivity contribution in [3.63, 3.8) is 0 Å². The molecule has 6 heteroatoms. The molecule has 0 aliphatic rings. The first kappa shape index (κ1) is 17.3. The average molecular weight is 362 g/mol. The molecule has 4 rings (SSSR count). The normalized spacial score (nSPS) is 11.6. The van der Waals surface area contributed by atoms with Crippen molar-refractivity contribution in [3.8, 4) is 11.3 Å². The van der Waals surface area contributed by atoms with Crippen LogP contribution in [0.2, 0.25) is 0 Å². The van der Waals surface area contributed by atoms with Crippen LogP contribution in [0.3, 0.4) is 0 Å². The third kappa shape index (κ3) is 3.57. The number of aryl methyl sites for hydroxylation is 1. The van der Waals surface area contributed by atoms with E-state index in [1.54, 1.807) is 0 Å². The summed E-state index contributed by atoms with van der Waals surface area (Å²) in [6, 6.07) is 11.7. The smallest absolute Gasteiger partial charge is 0.345 e. The fourth-order valence-corrected chi connectivity index (χ4v) is 3.04. The Kier molecular flexibility index (Phi) is 4.41. The summed E-state index contributed by atoms with van der Waals surface area (Å²) < 4.78 is 7.49. The van der Waals surface area contributed by atoms with Gasteiger partial charge in [0.2, 0.25) is 0 Å². The maximum atomic E-state index is 12.5. The minimum atomic E-state index is -0.381. The van der Waals surface area contributed by atoms with Gasteiger partial charge in [0.1, 0.15) is 11.2 Å². The standard InChI is InChI=1S/C21H22N4O2/c1-14-6-8-25-13-18(23-20(25)10-14)17-11-15-4-5-16(22-7-9-24(2)3)12-19(15)27-21(17)26/h4-6,8,10-13,22H,7,9H2,1-3H3. The monoisotopic (exact) mass is 362 g/mol. The van der Waals surface area contributed by atoms with Gasteiger partial charge >= 0.3 is 5.63 Å². The molecule has 0 aliphatic heterocycles. The Bertz CT molecular complexity index is 1170. The van der Waals surface area contributed by atoms with Crippen LogP contribution in [0.15, 0.2) is 58.0 Å². The molecule has 3 heterocycles. The topological polar surface area (TPSA) is 62.8 Å². The van der Waals surface area contributed by atoms with E-state index < -0.39 is 0 Å². The van der Waals surface area contributed by atoms with Crippen LogP contribution in [0.25, 0.3) is 27.9 Å². The quantitative estimate of drug-likeness (QED) is 0.552. The zero-order valence-electron chi connectivity index (χ0n) is 15.7. The molecule has 27 heavy (non-hydrogen) atoms. The van der Waals surface area contributed by atoms with Gasteiger partial charge in [0.05, 0.1) is 11.3 Å². The zero-order chi connectivity index (χ0) is 19.0. The van der Waals surface area contributed by atoms with E-state index in [0.29, 0.717) is 16.8 Å². The Balaban J connectivity index is 1.69. The highest BCUT2D eigenvalue weighted by Gasteiger charge is 2.12. The number of hydrogen-bond acceptors (Lipinski definition) is 5. The minimum absolute atomic E-state index is 0.381. The van der Waals surface area contributed by atoms with Gasteiger partial charge in [-0.15, -0.1) is 0 Å². The Morgan fingerprint density at radius 2 is 2.04 bits per heavy atom. The lowest BCUT2D eigenvalue weighted by molar-refractivity contribution is 0.425. The van der Waals surface area contributed by atoms with Crippen LogP contribution in [0.1, 0.15) is 5.56 Å². The van der Waals surface area contributed by atoms with E-state index in [0.717, 1.165) is 35.4 Å². The van der Waals surface area contributed by atoms with Crippen LogP contribution >= 0.6 is 0 Å². The minimum Gasteiger partial charge on any atom is -0.422 e. The predicted molar refractivity (Wildman–Crippen MR) is 108 cm³/mol. The van der Waals surface area contributed by atoms with Gasteiger partial charge in [0.15, 0.2) is 0 Å². The molecule has 0 aliphatic carbocycles. The summed E-state index contributed by atoms with van der Waals surface area (Å²) in [4.78, 5) is 19.2. The fraction of sp³-hybridized carbons (Fsp3) is 0.238. The molecule has 6 nitrogen and oxygen atoms in total. The number of nitrogens with zero attached hydrogens (tertiary/aromatic N) is 3. The number of aromatic nitrogens is 2. The van der Waals surface area contributed by atoms with E-state index >= 15 is 0 Å². The van der Waals surface area contributed by atoms with Crippen molar-refractivity contribution in [2.75, 3.05) is 32.5 Å². The number of anilines is 1. The molecular formula is C21H22N4O2. The van der Waals surface area contributed by atoms with E-state index in [-0.39, 0.29) is 5.63 Å². The lowest BCUT2D eigenvalue weighted by atomic mass is 10.1. The van der Waals surface area contributed by atoms with Crippen LogP contribution in [0.5, 0.6) is 0 Å². The average Bonchev–Trinajstić information content (AvgIpc) is 3.03. The number of fused-ring (bicyclic) bond motifs is 2. The van der Waals surface area contributed by atoms with Gasteiger partial charge in [-0.2, -0.15) is 0 Å². The second kappa shape index (κ2) is 6.89. The summed E-state index contributed by atoms with van der Waals surface area (Å²) >= 11 is 0. The molecule has 0 radical (unpaired) electrons. The molecular weight excluding hydrogens is 340 g/mol. The fourth-order valence-electron chi connectivity index (χ4n) is 3.04. The second-order valence-corrected chi connectivity index (χ2v) is 7.03. The maximum absolute atomic E-state index is 12.5. The SMILES string of the molecule is Cc1ccn2cc(-c3cc4ccc(NCCN(C)C)cc4oc3=O)nc2c1. The molecule has 138 valence electrons. The summed E-state index contributed by atoms with van der Waals surface area (Å²) in [6.07, 6.45) is 3.79. The first-order valence-electron chi connectivity index (χ1n) is 8.92. The summed E-state index contributed by atoms with van der Waals surface area (Å²) in [5, 5.41) is 4.21. The molecule has 0 atom stereocenters. The molecule has 1 N–H and O–H groups in total. The van der Waals surface area contributed by atoms with Crippen LogP contribution in [-0.2, 0) is 0 Å². The van der Waals surface area contributed by atoms with E-state index in [1.807, 2.05) is 74.2 Å². The summed E-state index contributed by atoms with van der Waals surface area (Å²) in [5.74, 6) is 0. The van der Waals surface area contributed by atoms with Crippen molar-refractivity contribution >= 4 is 22.3 Å².